The van der Waals surface area contributed by atoms with Crippen molar-refractivity contribution < 1.29 is 19.0 Å². The summed E-state index contributed by atoms with van der Waals surface area (Å²) in [4.78, 5) is 24.3. The number of hydrogen-bond donors (Lipinski definition) is 2. The van der Waals surface area contributed by atoms with E-state index in [1.165, 1.54) is 0 Å². The lowest BCUT2D eigenvalue weighted by Gasteiger charge is -2.13. The molecule has 2 heterocycles. The third-order valence-corrected chi connectivity index (χ3v) is 2.85. The van der Waals surface area contributed by atoms with Gasteiger partial charge < -0.3 is 14.6 Å². The molecule has 0 radical (unpaired) electrons. The smallest absolute Gasteiger partial charge is 0.330 e. The summed E-state index contributed by atoms with van der Waals surface area (Å²) in [6.45, 7) is 1.26. The third-order valence-electron chi connectivity index (χ3n) is 2.85. The Bertz CT molecular complexity index is 540. The first-order valence-electron chi connectivity index (χ1n) is 5.42. The molecule has 1 aromatic rings. The fourth-order valence-electron chi connectivity index (χ4n) is 1.93. The second kappa shape index (κ2) is 5.01. The summed E-state index contributed by atoms with van der Waals surface area (Å²) >= 11 is 0. The summed E-state index contributed by atoms with van der Waals surface area (Å²) in [6, 6.07) is 0. The van der Waals surface area contributed by atoms with E-state index in [0.717, 1.165) is 10.8 Å². The minimum Gasteiger partial charge on any atom is -0.371 e. The molecular formula is C10H13FN2O5. The normalized spacial score (nSPS) is 27.6. The topological polar surface area (TPSA) is 93.6 Å². The lowest BCUT2D eigenvalue weighted by atomic mass is 10.2. The Morgan fingerprint density at radius 1 is 1.67 bits per heavy atom. The largest absolute Gasteiger partial charge is 0.371 e. The minimum absolute atomic E-state index is 0.285. The number of aromatic amines is 1. The predicted octanol–water partition coefficient (Wildman–Crippen LogP) is -0.682. The average molecular weight is 260 g/mol. The molecule has 0 amide bonds. The van der Waals surface area contributed by atoms with Crippen LogP contribution in [0.25, 0.3) is 0 Å². The van der Waals surface area contributed by atoms with Gasteiger partial charge in [0.2, 0.25) is 5.82 Å². The van der Waals surface area contributed by atoms with Crippen molar-refractivity contribution in [1.29, 1.82) is 0 Å². The highest BCUT2D eigenvalue weighted by molar-refractivity contribution is 4.90. The molecule has 0 unspecified atom stereocenters. The summed E-state index contributed by atoms with van der Waals surface area (Å²) in [5, 5.41) is 8.68. The van der Waals surface area contributed by atoms with Crippen molar-refractivity contribution in [2.75, 3.05) is 6.79 Å². The van der Waals surface area contributed by atoms with Crippen LogP contribution in [0, 0.1) is 5.82 Å². The number of nitrogens with zero attached hydrogens (tertiary/aromatic N) is 1. The van der Waals surface area contributed by atoms with Crippen LogP contribution >= 0.6 is 0 Å². The van der Waals surface area contributed by atoms with Gasteiger partial charge in [0.15, 0.2) is 0 Å². The van der Waals surface area contributed by atoms with Gasteiger partial charge >= 0.3 is 5.69 Å². The molecule has 1 aromatic heterocycles. The minimum atomic E-state index is -1.06. The fraction of sp³-hybridized carbons (Fsp3) is 0.600. The number of rotatable bonds is 3. The van der Waals surface area contributed by atoms with Gasteiger partial charge in [-0.2, -0.15) is 4.39 Å². The molecule has 2 rings (SSSR count). The molecule has 0 bridgehead atoms. The Hall–Kier alpha value is -1.51. The average Bonchev–Trinajstić information content (AvgIpc) is 2.66. The lowest BCUT2D eigenvalue weighted by molar-refractivity contribution is -0.0777. The SMILES string of the molecule is C[C@H]1O[C@@H](n2cc(F)c(=O)[nH]c2=O)C[C@@H]1OCO. The van der Waals surface area contributed by atoms with Crippen molar-refractivity contribution in [2.45, 2.75) is 31.8 Å². The number of aromatic nitrogens is 2. The van der Waals surface area contributed by atoms with Crippen LogP contribution in [-0.2, 0) is 9.47 Å². The second-order valence-electron chi connectivity index (χ2n) is 4.01. The molecule has 1 fully saturated rings. The Morgan fingerprint density at radius 2 is 2.39 bits per heavy atom. The summed E-state index contributed by atoms with van der Waals surface area (Å²) in [7, 11) is 0. The molecule has 18 heavy (non-hydrogen) atoms. The fourth-order valence-corrected chi connectivity index (χ4v) is 1.93. The number of nitrogens with one attached hydrogen (secondary N) is 1. The Kier molecular flexibility index (Phi) is 3.60. The molecule has 3 atom stereocenters. The zero-order chi connectivity index (χ0) is 13.3. The van der Waals surface area contributed by atoms with Crippen molar-refractivity contribution in [3.05, 3.63) is 32.9 Å². The first-order valence-corrected chi connectivity index (χ1v) is 5.42. The summed E-state index contributed by atoms with van der Waals surface area (Å²) in [5.41, 5.74) is -1.81. The van der Waals surface area contributed by atoms with E-state index in [4.69, 9.17) is 14.6 Å². The number of hydrogen-bond acceptors (Lipinski definition) is 5. The van der Waals surface area contributed by atoms with Crippen molar-refractivity contribution in [2.24, 2.45) is 0 Å². The van der Waals surface area contributed by atoms with E-state index >= 15 is 0 Å². The van der Waals surface area contributed by atoms with Crippen molar-refractivity contribution in [3.63, 3.8) is 0 Å². The first-order chi connectivity index (χ1) is 8.52. The molecule has 1 aliphatic rings. The molecule has 0 saturated carbocycles. The van der Waals surface area contributed by atoms with Gasteiger partial charge in [0.05, 0.1) is 18.4 Å². The zero-order valence-corrected chi connectivity index (χ0v) is 9.63. The van der Waals surface area contributed by atoms with Gasteiger partial charge in [0.1, 0.15) is 13.0 Å². The standard InChI is InChI=1S/C10H13FN2O5/c1-5-7(17-4-14)2-8(18-5)13-3-6(11)9(15)12-10(13)16/h3,5,7-8,14H,2,4H2,1H3,(H,12,15,16)/t5-,7+,8-/m1/s1. The molecule has 0 aliphatic carbocycles. The second-order valence-corrected chi connectivity index (χ2v) is 4.01. The lowest BCUT2D eigenvalue weighted by Crippen LogP contribution is -2.33. The van der Waals surface area contributed by atoms with Crippen molar-refractivity contribution in [1.82, 2.24) is 9.55 Å². The summed E-state index contributed by atoms with van der Waals surface area (Å²) in [5.74, 6) is -1.06. The highest BCUT2D eigenvalue weighted by Gasteiger charge is 2.34. The van der Waals surface area contributed by atoms with E-state index in [2.05, 4.69) is 0 Å². The van der Waals surface area contributed by atoms with E-state index in [1.807, 2.05) is 4.98 Å². The maximum absolute atomic E-state index is 13.1. The molecule has 2 N–H and O–H groups in total. The number of aliphatic hydroxyl groups is 1. The van der Waals surface area contributed by atoms with Gasteiger partial charge in [-0.25, -0.2) is 4.79 Å². The van der Waals surface area contributed by atoms with Crippen LogP contribution in [0.2, 0.25) is 0 Å². The first kappa shape index (κ1) is 12.9. The maximum Gasteiger partial charge on any atom is 0.330 e. The van der Waals surface area contributed by atoms with Crippen LogP contribution < -0.4 is 11.2 Å². The molecule has 1 aliphatic heterocycles. The van der Waals surface area contributed by atoms with Gasteiger partial charge in [-0.05, 0) is 6.92 Å². The molecular weight excluding hydrogens is 247 g/mol. The quantitative estimate of drug-likeness (QED) is 0.702. The van der Waals surface area contributed by atoms with Crippen LogP contribution in [0.4, 0.5) is 4.39 Å². The van der Waals surface area contributed by atoms with Crippen LogP contribution in [0.3, 0.4) is 0 Å². The van der Waals surface area contributed by atoms with Gasteiger partial charge in [-0.3, -0.25) is 14.3 Å². The Labute approximate surface area is 101 Å². The van der Waals surface area contributed by atoms with Crippen LogP contribution in [0.1, 0.15) is 19.6 Å². The zero-order valence-electron chi connectivity index (χ0n) is 9.63. The highest BCUT2D eigenvalue weighted by Crippen LogP contribution is 2.29. The van der Waals surface area contributed by atoms with Crippen molar-refractivity contribution in [3.8, 4) is 0 Å². The number of halogens is 1. The Balaban J connectivity index is 2.26. The van der Waals surface area contributed by atoms with E-state index in [1.54, 1.807) is 6.92 Å². The van der Waals surface area contributed by atoms with E-state index in [-0.39, 0.29) is 18.6 Å². The monoisotopic (exact) mass is 260 g/mol. The highest BCUT2D eigenvalue weighted by atomic mass is 19.1. The predicted molar refractivity (Wildman–Crippen MR) is 57.4 cm³/mol. The van der Waals surface area contributed by atoms with Crippen molar-refractivity contribution >= 4 is 0 Å². The Morgan fingerprint density at radius 3 is 3.06 bits per heavy atom. The van der Waals surface area contributed by atoms with E-state index < -0.39 is 30.1 Å². The molecule has 8 heteroatoms. The van der Waals surface area contributed by atoms with Crippen LogP contribution in [0.5, 0.6) is 0 Å². The van der Waals surface area contributed by atoms with Crippen LogP contribution in [0.15, 0.2) is 15.8 Å². The number of H-pyrrole nitrogens is 1. The molecule has 1 saturated heterocycles. The summed E-state index contributed by atoms with van der Waals surface area (Å²) < 4.78 is 24.5. The van der Waals surface area contributed by atoms with Gasteiger partial charge in [0, 0.05) is 6.42 Å². The van der Waals surface area contributed by atoms with E-state index in [0.29, 0.717) is 0 Å². The van der Waals surface area contributed by atoms with E-state index in [9.17, 15) is 14.0 Å². The molecule has 0 spiro atoms. The summed E-state index contributed by atoms with van der Waals surface area (Å²) in [6.07, 6.45) is -0.367. The molecule has 100 valence electrons. The van der Waals surface area contributed by atoms with Crippen LogP contribution in [-0.4, -0.2) is 33.7 Å². The maximum atomic E-state index is 13.1. The number of ether oxygens (including phenoxy) is 2. The third kappa shape index (κ3) is 2.35. The molecule has 0 aromatic carbocycles. The molecule has 7 nitrogen and oxygen atoms in total. The van der Waals surface area contributed by atoms with Gasteiger partial charge in [0.25, 0.3) is 5.56 Å². The van der Waals surface area contributed by atoms with Gasteiger partial charge in [-0.1, -0.05) is 0 Å². The number of aliphatic hydroxyl groups excluding tert-OH is 1. The van der Waals surface area contributed by atoms with Gasteiger partial charge in [-0.15, -0.1) is 0 Å².